The summed E-state index contributed by atoms with van der Waals surface area (Å²) >= 11 is 3.57. The number of methoxy groups -OCH3 is 1. The molecule has 1 aromatic carbocycles. The van der Waals surface area contributed by atoms with Gasteiger partial charge in [0.2, 0.25) is 0 Å². The highest BCUT2D eigenvalue weighted by Crippen LogP contribution is 2.37. The van der Waals surface area contributed by atoms with Crippen LogP contribution in [-0.4, -0.2) is 19.3 Å². The van der Waals surface area contributed by atoms with E-state index in [0.29, 0.717) is 6.04 Å². The maximum Gasteiger partial charge on any atom is 0.175 e. The van der Waals surface area contributed by atoms with Crippen molar-refractivity contribution < 1.29 is 9.47 Å². The van der Waals surface area contributed by atoms with Gasteiger partial charge in [0.1, 0.15) is 0 Å². The van der Waals surface area contributed by atoms with E-state index in [1.54, 1.807) is 7.11 Å². The van der Waals surface area contributed by atoms with Crippen LogP contribution in [0.3, 0.4) is 0 Å². The molecule has 19 heavy (non-hydrogen) atoms. The van der Waals surface area contributed by atoms with Gasteiger partial charge in [-0.05, 0) is 47.0 Å². The number of hydrogen-bond donors (Lipinski definition) is 1. The molecule has 0 saturated heterocycles. The first-order chi connectivity index (χ1) is 8.97. The quantitative estimate of drug-likeness (QED) is 0.815. The summed E-state index contributed by atoms with van der Waals surface area (Å²) < 4.78 is 12.3. The average Bonchev–Trinajstić information content (AvgIpc) is 2.38. The van der Waals surface area contributed by atoms with Gasteiger partial charge in [0.05, 0.1) is 17.7 Å². The summed E-state index contributed by atoms with van der Waals surface area (Å²) in [6.45, 7) is 9.24. The van der Waals surface area contributed by atoms with Crippen molar-refractivity contribution in [3.05, 3.63) is 22.2 Å². The second-order valence-electron chi connectivity index (χ2n) is 4.98. The molecule has 0 aromatic heterocycles. The Morgan fingerprint density at radius 3 is 2.47 bits per heavy atom. The van der Waals surface area contributed by atoms with Gasteiger partial charge < -0.3 is 14.8 Å². The number of nitrogens with one attached hydrogen (secondary N) is 1. The molecule has 0 aliphatic heterocycles. The maximum absolute atomic E-state index is 5.90. The van der Waals surface area contributed by atoms with Crippen molar-refractivity contribution in [3.8, 4) is 11.5 Å². The van der Waals surface area contributed by atoms with Crippen molar-refractivity contribution in [1.29, 1.82) is 0 Å². The zero-order chi connectivity index (χ0) is 14.4. The minimum Gasteiger partial charge on any atom is -0.493 e. The molecule has 108 valence electrons. The van der Waals surface area contributed by atoms with Crippen LogP contribution in [-0.2, 0) is 6.54 Å². The summed E-state index contributed by atoms with van der Waals surface area (Å²) in [7, 11) is 1.67. The Labute approximate surface area is 124 Å². The Kier molecular flexibility index (Phi) is 6.66. The van der Waals surface area contributed by atoms with Gasteiger partial charge in [-0.25, -0.2) is 0 Å². The molecule has 1 aromatic rings. The fourth-order valence-corrected chi connectivity index (χ4v) is 2.18. The van der Waals surface area contributed by atoms with Crippen molar-refractivity contribution in [2.75, 3.05) is 7.11 Å². The van der Waals surface area contributed by atoms with Crippen LogP contribution >= 0.6 is 15.9 Å². The fraction of sp³-hybridized carbons (Fsp3) is 0.600. The van der Waals surface area contributed by atoms with Crippen LogP contribution in [0.1, 0.15) is 39.7 Å². The van der Waals surface area contributed by atoms with E-state index in [1.807, 2.05) is 6.07 Å². The summed E-state index contributed by atoms with van der Waals surface area (Å²) in [4.78, 5) is 0. The molecule has 0 fully saturated rings. The number of ether oxygens (including phenoxy) is 2. The average molecular weight is 330 g/mol. The van der Waals surface area contributed by atoms with Gasteiger partial charge in [0.25, 0.3) is 0 Å². The van der Waals surface area contributed by atoms with E-state index < -0.39 is 0 Å². The van der Waals surface area contributed by atoms with Crippen molar-refractivity contribution in [2.24, 2.45) is 0 Å². The summed E-state index contributed by atoms with van der Waals surface area (Å²) in [5.41, 5.74) is 1.17. The second-order valence-corrected chi connectivity index (χ2v) is 5.84. The zero-order valence-electron chi connectivity index (χ0n) is 12.4. The van der Waals surface area contributed by atoms with Gasteiger partial charge in [0, 0.05) is 12.6 Å². The molecule has 4 heteroatoms. The monoisotopic (exact) mass is 329 g/mol. The van der Waals surface area contributed by atoms with E-state index in [1.165, 1.54) is 5.56 Å². The number of rotatable bonds is 7. The normalized spacial score (nSPS) is 12.6. The standard InChI is InChI=1S/C15H24BrNO2/c1-6-11(4)19-15-13(16)7-12(8-14(15)18-5)9-17-10(2)3/h7-8,10-11,17H,6,9H2,1-5H3. The Hall–Kier alpha value is -0.740. The fourth-order valence-electron chi connectivity index (χ4n) is 1.60. The third-order valence-electron chi connectivity index (χ3n) is 2.90. The first kappa shape index (κ1) is 16.3. The molecule has 0 aliphatic carbocycles. The third-order valence-corrected chi connectivity index (χ3v) is 3.49. The molecular formula is C15H24BrNO2. The predicted octanol–water partition coefficient (Wildman–Crippen LogP) is 4.13. The van der Waals surface area contributed by atoms with Crippen LogP contribution in [0.4, 0.5) is 0 Å². The lowest BCUT2D eigenvalue weighted by Gasteiger charge is -2.18. The van der Waals surface area contributed by atoms with Crippen LogP contribution in [0.5, 0.6) is 11.5 Å². The van der Waals surface area contributed by atoms with E-state index in [-0.39, 0.29) is 6.10 Å². The number of benzene rings is 1. The molecule has 1 N–H and O–H groups in total. The topological polar surface area (TPSA) is 30.5 Å². The smallest absolute Gasteiger partial charge is 0.175 e. The van der Waals surface area contributed by atoms with Crippen molar-refractivity contribution in [2.45, 2.75) is 52.8 Å². The first-order valence-electron chi connectivity index (χ1n) is 6.74. The Balaban J connectivity index is 2.94. The van der Waals surface area contributed by atoms with Gasteiger partial charge >= 0.3 is 0 Å². The molecular weight excluding hydrogens is 306 g/mol. The lowest BCUT2D eigenvalue weighted by atomic mass is 10.2. The highest BCUT2D eigenvalue weighted by atomic mass is 79.9. The summed E-state index contributed by atoms with van der Waals surface area (Å²) in [5, 5.41) is 3.39. The molecule has 0 saturated carbocycles. The molecule has 1 atom stereocenters. The molecule has 0 spiro atoms. The van der Waals surface area contributed by atoms with E-state index in [9.17, 15) is 0 Å². The summed E-state index contributed by atoms with van der Waals surface area (Å²) in [6, 6.07) is 4.56. The molecule has 0 aliphatic rings. The Morgan fingerprint density at radius 1 is 1.26 bits per heavy atom. The van der Waals surface area contributed by atoms with Crippen LogP contribution in [0, 0.1) is 0 Å². The lowest BCUT2D eigenvalue weighted by molar-refractivity contribution is 0.206. The van der Waals surface area contributed by atoms with Gasteiger partial charge in [-0.1, -0.05) is 20.8 Å². The van der Waals surface area contributed by atoms with Crippen molar-refractivity contribution in [3.63, 3.8) is 0 Å². The zero-order valence-corrected chi connectivity index (χ0v) is 14.0. The minimum absolute atomic E-state index is 0.171. The Morgan fingerprint density at radius 2 is 1.95 bits per heavy atom. The largest absolute Gasteiger partial charge is 0.493 e. The van der Waals surface area contributed by atoms with Crippen LogP contribution in [0.2, 0.25) is 0 Å². The molecule has 3 nitrogen and oxygen atoms in total. The van der Waals surface area contributed by atoms with E-state index >= 15 is 0 Å². The van der Waals surface area contributed by atoms with Crippen LogP contribution < -0.4 is 14.8 Å². The minimum atomic E-state index is 0.171. The molecule has 0 bridgehead atoms. The molecule has 1 rings (SSSR count). The van der Waals surface area contributed by atoms with Gasteiger partial charge in [-0.15, -0.1) is 0 Å². The van der Waals surface area contributed by atoms with Gasteiger partial charge in [-0.2, -0.15) is 0 Å². The van der Waals surface area contributed by atoms with Crippen molar-refractivity contribution >= 4 is 15.9 Å². The van der Waals surface area contributed by atoms with Crippen molar-refractivity contribution in [1.82, 2.24) is 5.32 Å². The number of halogens is 1. The highest BCUT2D eigenvalue weighted by molar-refractivity contribution is 9.10. The first-order valence-corrected chi connectivity index (χ1v) is 7.53. The van der Waals surface area contributed by atoms with E-state index in [0.717, 1.165) is 28.9 Å². The van der Waals surface area contributed by atoms with Crippen LogP contribution in [0.15, 0.2) is 16.6 Å². The molecule has 0 amide bonds. The van der Waals surface area contributed by atoms with Gasteiger partial charge in [-0.3, -0.25) is 0 Å². The lowest BCUT2D eigenvalue weighted by Crippen LogP contribution is -2.21. The molecule has 0 heterocycles. The molecule has 0 radical (unpaired) electrons. The maximum atomic E-state index is 5.90. The summed E-state index contributed by atoms with van der Waals surface area (Å²) in [6.07, 6.45) is 1.14. The number of hydrogen-bond acceptors (Lipinski definition) is 3. The SMILES string of the molecule is CCC(C)Oc1c(Br)cc(CNC(C)C)cc1OC. The molecule has 1 unspecified atom stereocenters. The third kappa shape index (κ3) is 5.03. The van der Waals surface area contributed by atoms with E-state index in [2.05, 4.69) is 55.0 Å². The highest BCUT2D eigenvalue weighted by Gasteiger charge is 2.14. The van der Waals surface area contributed by atoms with E-state index in [4.69, 9.17) is 9.47 Å². The Bertz CT molecular complexity index is 407. The summed E-state index contributed by atoms with van der Waals surface area (Å²) in [5.74, 6) is 1.56. The van der Waals surface area contributed by atoms with Gasteiger partial charge in [0.15, 0.2) is 11.5 Å². The predicted molar refractivity (Wildman–Crippen MR) is 83.1 cm³/mol. The van der Waals surface area contributed by atoms with Crippen LogP contribution in [0.25, 0.3) is 0 Å². The second kappa shape index (κ2) is 7.75.